The van der Waals surface area contributed by atoms with Crippen molar-refractivity contribution in [3.63, 3.8) is 0 Å². The summed E-state index contributed by atoms with van der Waals surface area (Å²) in [6.07, 6.45) is 2.12. The van der Waals surface area contributed by atoms with Gasteiger partial charge in [0, 0.05) is 19.0 Å². The van der Waals surface area contributed by atoms with Crippen LogP contribution in [-0.4, -0.2) is 22.6 Å². The zero-order valence-electron chi connectivity index (χ0n) is 10.9. The van der Waals surface area contributed by atoms with Crippen molar-refractivity contribution >= 4 is 11.0 Å². The van der Waals surface area contributed by atoms with Crippen LogP contribution in [0.2, 0.25) is 0 Å². The van der Waals surface area contributed by atoms with E-state index in [1.54, 1.807) is 0 Å². The van der Waals surface area contributed by atoms with Crippen LogP contribution in [-0.2, 0) is 13.0 Å². The van der Waals surface area contributed by atoms with Crippen molar-refractivity contribution in [3.05, 3.63) is 30.1 Å². The molecule has 0 bridgehead atoms. The van der Waals surface area contributed by atoms with Crippen molar-refractivity contribution in [2.45, 2.75) is 39.3 Å². The lowest BCUT2D eigenvalue weighted by Crippen LogP contribution is -2.23. The van der Waals surface area contributed by atoms with Crippen LogP contribution < -0.4 is 5.32 Å². The predicted molar refractivity (Wildman–Crippen MR) is 72.2 cm³/mol. The molecule has 3 heteroatoms. The summed E-state index contributed by atoms with van der Waals surface area (Å²) in [7, 11) is 2.01. The van der Waals surface area contributed by atoms with Crippen molar-refractivity contribution in [2.24, 2.45) is 0 Å². The maximum Gasteiger partial charge on any atom is 0.109 e. The Morgan fingerprint density at radius 3 is 2.82 bits per heavy atom. The van der Waals surface area contributed by atoms with Crippen molar-refractivity contribution in [1.82, 2.24) is 14.9 Å². The number of fused-ring (bicyclic) bond motifs is 1. The molecule has 1 heterocycles. The van der Waals surface area contributed by atoms with Gasteiger partial charge >= 0.3 is 0 Å². The first-order valence-corrected chi connectivity index (χ1v) is 6.37. The summed E-state index contributed by atoms with van der Waals surface area (Å²) in [5.74, 6) is 1.19. The van der Waals surface area contributed by atoms with Crippen LogP contribution in [0.15, 0.2) is 24.3 Å². The maximum absolute atomic E-state index is 4.68. The Hall–Kier alpha value is -1.35. The van der Waals surface area contributed by atoms with Crippen LogP contribution in [0.25, 0.3) is 11.0 Å². The molecule has 1 atom stereocenters. The number of benzene rings is 1. The fourth-order valence-corrected chi connectivity index (χ4v) is 2.11. The molecule has 1 aromatic carbocycles. The molecule has 0 aliphatic rings. The number of para-hydroxylation sites is 2. The highest BCUT2D eigenvalue weighted by molar-refractivity contribution is 5.75. The van der Waals surface area contributed by atoms with Gasteiger partial charge in [-0.25, -0.2) is 4.98 Å². The molecule has 1 unspecified atom stereocenters. The van der Waals surface area contributed by atoms with Gasteiger partial charge < -0.3 is 9.88 Å². The molecule has 0 spiro atoms. The highest BCUT2D eigenvalue weighted by Crippen LogP contribution is 2.17. The topological polar surface area (TPSA) is 29.9 Å². The van der Waals surface area contributed by atoms with E-state index in [4.69, 9.17) is 0 Å². The second kappa shape index (κ2) is 5.32. The molecule has 0 saturated heterocycles. The Balaban J connectivity index is 2.30. The fraction of sp³-hybridized carbons (Fsp3) is 0.500. The van der Waals surface area contributed by atoms with Crippen LogP contribution in [0.3, 0.4) is 0 Å². The molecule has 17 heavy (non-hydrogen) atoms. The van der Waals surface area contributed by atoms with Gasteiger partial charge in [-0.3, -0.25) is 0 Å². The van der Waals surface area contributed by atoms with E-state index in [1.807, 2.05) is 7.05 Å². The van der Waals surface area contributed by atoms with E-state index >= 15 is 0 Å². The van der Waals surface area contributed by atoms with E-state index in [0.717, 1.165) is 24.9 Å². The Labute approximate surface area is 103 Å². The third kappa shape index (κ3) is 2.50. The number of rotatable bonds is 5. The van der Waals surface area contributed by atoms with E-state index in [2.05, 4.69) is 53.0 Å². The molecule has 0 saturated carbocycles. The Morgan fingerprint density at radius 1 is 1.35 bits per heavy atom. The summed E-state index contributed by atoms with van der Waals surface area (Å²) in [4.78, 5) is 4.68. The van der Waals surface area contributed by atoms with Crippen LogP contribution >= 0.6 is 0 Å². The molecule has 0 radical (unpaired) electrons. The first-order valence-electron chi connectivity index (χ1n) is 6.37. The lowest BCUT2D eigenvalue weighted by atomic mass is 10.2. The molecule has 0 aliphatic heterocycles. The summed E-state index contributed by atoms with van der Waals surface area (Å²) < 4.78 is 2.35. The molecule has 3 nitrogen and oxygen atoms in total. The van der Waals surface area contributed by atoms with Crippen LogP contribution in [0.4, 0.5) is 0 Å². The molecule has 0 fully saturated rings. The smallest absolute Gasteiger partial charge is 0.109 e. The zero-order chi connectivity index (χ0) is 12.3. The minimum Gasteiger partial charge on any atom is -0.328 e. The second-order valence-corrected chi connectivity index (χ2v) is 4.50. The summed E-state index contributed by atoms with van der Waals surface area (Å²) in [5.41, 5.74) is 2.37. The average molecular weight is 231 g/mol. The number of hydrogen-bond donors (Lipinski definition) is 1. The summed E-state index contributed by atoms with van der Waals surface area (Å²) in [6, 6.07) is 8.93. The third-order valence-electron chi connectivity index (χ3n) is 3.33. The summed E-state index contributed by atoms with van der Waals surface area (Å²) in [6.45, 7) is 5.41. The van der Waals surface area contributed by atoms with Crippen molar-refractivity contribution < 1.29 is 0 Å². The molecule has 2 aromatic rings. The highest BCUT2D eigenvalue weighted by Gasteiger charge is 2.09. The van der Waals surface area contributed by atoms with Crippen LogP contribution in [0.5, 0.6) is 0 Å². The molecule has 0 amide bonds. The Kier molecular flexibility index (Phi) is 3.79. The van der Waals surface area contributed by atoms with E-state index in [-0.39, 0.29) is 0 Å². The fourth-order valence-electron chi connectivity index (χ4n) is 2.11. The van der Waals surface area contributed by atoms with E-state index in [9.17, 15) is 0 Å². The number of aryl methyl sites for hydroxylation is 2. The molecule has 92 valence electrons. The first kappa shape index (κ1) is 12.1. The minimum atomic E-state index is 0.542. The molecule has 2 rings (SSSR count). The third-order valence-corrected chi connectivity index (χ3v) is 3.33. The van der Waals surface area contributed by atoms with E-state index in [1.165, 1.54) is 11.3 Å². The van der Waals surface area contributed by atoms with E-state index < -0.39 is 0 Å². The minimum absolute atomic E-state index is 0.542. The SMILES string of the molecule is CCc1nc2ccccc2n1CCC(C)NC. The molecule has 1 N–H and O–H groups in total. The predicted octanol–water partition coefficient (Wildman–Crippen LogP) is 2.60. The molecule has 1 aromatic heterocycles. The summed E-state index contributed by atoms with van der Waals surface area (Å²) in [5, 5.41) is 3.28. The van der Waals surface area contributed by atoms with Gasteiger partial charge in [-0.15, -0.1) is 0 Å². The van der Waals surface area contributed by atoms with Gasteiger partial charge in [0.1, 0.15) is 5.82 Å². The number of hydrogen-bond acceptors (Lipinski definition) is 2. The standard InChI is InChI=1S/C14H21N3/c1-4-14-16-12-7-5-6-8-13(12)17(14)10-9-11(2)15-3/h5-8,11,15H,4,9-10H2,1-3H3. The second-order valence-electron chi connectivity index (χ2n) is 4.50. The van der Waals surface area contributed by atoms with Crippen molar-refractivity contribution in [3.8, 4) is 0 Å². The Bertz CT molecular complexity index is 487. The van der Waals surface area contributed by atoms with Gasteiger partial charge in [-0.2, -0.15) is 0 Å². The lowest BCUT2D eigenvalue weighted by molar-refractivity contribution is 0.508. The summed E-state index contributed by atoms with van der Waals surface area (Å²) >= 11 is 0. The Morgan fingerprint density at radius 2 is 2.12 bits per heavy atom. The first-order chi connectivity index (χ1) is 8.26. The normalized spacial score (nSPS) is 13.1. The van der Waals surface area contributed by atoms with Gasteiger partial charge in [-0.05, 0) is 32.5 Å². The van der Waals surface area contributed by atoms with Crippen LogP contribution in [0.1, 0.15) is 26.1 Å². The quantitative estimate of drug-likeness (QED) is 0.857. The van der Waals surface area contributed by atoms with Gasteiger partial charge in [-0.1, -0.05) is 19.1 Å². The van der Waals surface area contributed by atoms with Gasteiger partial charge in [0.2, 0.25) is 0 Å². The number of nitrogens with one attached hydrogen (secondary N) is 1. The lowest BCUT2D eigenvalue weighted by Gasteiger charge is -2.12. The monoisotopic (exact) mass is 231 g/mol. The largest absolute Gasteiger partial charge is 0.328 e. The average Bonchev–Trinajstić information content (AvgIpc) is 2.73. The van der Waals surface area contributed by atoms with Gasteiger partial charge in [0.25, 0.3) is 0 Å². The number of imidazole rings is 1. The van der Waals surface area contributed by atoms with Crippen molar-refractivity contribution in [1.29, 1.82) is 0 Å². The van der Waals surface area contributed by atoms with E-state index in [0.29, 0.717) is 6.04 Å². The molecular weight excluding hydrogens is 210 g/mol. The van der Waals surface area contributed by atoms with Crippen molar-refractivity contribution in [2.75, 3.05) is 7.05 Å². The maximum atomic E-state index is 4.68. The zero-order valence-corrected chi connectivity index (χ0v) is 10.9. The molecule has 0 aliphatic carbocycles. The highest BCUT2D eigenvalue weighted by atomic mass is 15.1. The van der Waals surface area contributed by atoms with Crippen LogP contribution in [0, 0.1) is 0 Å². The molecular formula is C14H21N3. The van der Waals surface area contributed by atoms with Gasteiger partial charge in [0.05, 0.1) is 11.0 Å². The van der Waals surface area contributed by atoms with Gasteiger partial charge in [0.15, 0.2) is 0 Å². The number of aromatic nitrogens is 2. The number of nitrogens with zero attached hydrogens (tertiary/aromatic N) is 2.